The first-order valence-corrected chi connectivity index (χ1v) is 11.0. The van der Waals surface area contributed by atoms with Crippen molar-refractivity contribution in [2.75, 3.05) is 6.61 Å². The van der Waals surface area contributed by atoms with Gasteiger partial charge in [0.1, 0.15) is 17.3 Å². The summed E-state index contributed by atoms with van der Waals surface area (Å²) in [6, 6.07) is 15.0. The second-order valence-corrected chi connectivity index (χ2v) is 8.54. The highest BCUT2D eigenvalue weighted by atomic mass is 32.1. The molecule has 2 N–H and O–H groups in total. The Bertz CT molecular complexity index is 1350. The number of thiophene rings is 1. The molecule has 2 aromatic carbocycles. The third-order valence-corrected chi connectivity index (χ3v) is 6.32. The number of nitrogens with one attached hydrogen (secondary N) is 2. The van der Waals surface area contributed by atoms with Crippen LogP contribution in [0.4, 0.5) is 4.39 Å². The quantitative estimate of drug-likeness (QED) is 0.451. The van der Waals surface area contributed by atoms with E-state index in [2.05, 4.69) is 16.0 Å². The number of hydrogen-bond acceptors (Lipinski definition) is 6. The van der Waals surface area contributed by atoms with Crippen molar-refractivity contribution in [3.8, 4) is 11.5 Å². The Kier molecular flexibility index (Phi) is 5.43. The lowest BCUT2D eigenvalue weighted by Gasteiger charge is -2.25. The summed E-state index contributed by atoms with van der Waals surface area (Å²) in [5.74, 6) is -0.221. The number of amides is 2. The average Bonchev–Trinajstić information content (AvgIpc) is 3.39. The van der Waals surface area contributed by atoms with Crippen molar-refractivity contribution >= 4 is 33.4 Å². The highest BCUT2D eigenvalue weighted by Gasteiger charge is 2.28. The van der Waals surface area contributed by atoms with Crippen molar-refractivity contribution in [1.29, 1.82) is 0 Å². The van der Waals surface area contributed by atoms with Crippen molar-refractivity contribution < 1.29 is 23.5 Å². The highest BCUT2D eigenvalue weighted by molar-refractivity contribution is 7.20. The number of carbonyl (C=O) groups excluding carboxylic acids is 2. The SMILES string of the molecule is Cc1nn(Cc2ccc(F)cc2)c2sc(C(=O)NNC(=O)C3COc4ccccc4O3)cc12. The van der Waals surface area contributed by atoms with E-state index in [1.165, 1.54) is 23.5 Å². The van der Waals surface area contributed by atoms with Crippen LogP contribution in [0.2, 0.25) is 0 Å². The fourth-order valence-electron chi connectivity index (χ4n) is 3.50. The second kappa shape index (κ2) is 8.55. The van der Waals surface area contributed by atoms with Crippen LogP contribution in [-0.4, -0.2) is 34.3 Å². The van der Waals surface area contributed by atoms with Gasteiger partial charge in [-0.05, 0) is 42.8 Å². The lowest BCUT2D eigenvalue weighted by Crippen LogP contribution is -2.50. The number of nitrogens with zero attached hydrogens (tertiary/aromatic N) is 2. The van der Waals surface area contributed by atoms with Crippen LogP contribution in [0.5, 0.6) is 11.5 Å². The minimum atomic E-state index is -0.880. The summed E-state index contributed by atoms with van der Waals surface area (Å²) in [7, 11) is 0. The molecule has 0 spiro atoms. The number of rotatable bonds is 4. The monoisotopic (exact) mass is 466 g/mol. The first kappa shape index (κ1) is 21.0. The molecule has 1 unspecified atom stereocenters. The molecule has 1 aliphatic rings. The topological polar surface area (TPSA) is 94.5 Å². The van der Waals surface area contributed by atoms with Gasteiger partial charge in [0, 0.05) is 5.39 Å². The van der Waals surface area contributed by atoms with E-state index in [1.807, 2.05) is 13.0 Å². The summed E-state index contributed by atoms with van der Waals surface area (Å²) in [5.41, 5.74) is 6.50. The standard InChI is InChI=1S/C23H19FN4O4S/c1-13-16-10-20(33-23(16)28(27-13)11-14-6-8-15(24)9-7-14)22(30)26-25-21(29)19-12-31-17-4-2-3-5-18(17)32-19/h2-10,19H,11-12H2,1H3,(H,25,29)(H,26,30). The zero-order valence-corrected chi connectivity index (χ0v) is 18.3. The predicted octanol–water partition coefficient (Wildman–Crippen LogP) is 3.19. The molecule has 3 heterocycles. The fourth-order valence-corrected chi connectivity index (χ4v) is 4.56. The number of hydrazine groups is 1. The largest absolute Gasteiger partial charge is 0.485 e. The number of benzene rings is 2. The second-order valence-electron chi connectivity index (χ2n) is 7.51. The lowest BCUT2D eigenvalue weighted by atomic mass is 10.2. The molecular formula is C23H19FN4O4S. The number of aryl methyl sites for hydroxylation is 1. The molecule has 4 aromatic rings. The zero-order valence-electron chi connectivity index (χ0n) is 17.5. The normalized spacial score (nSPS) is 14.8. The third-order valence-electron chi connectivity index (χ3n) is 5.18. The average molecular weight is 466 g/mol. The molecule has 33 heavy (non-hydrogen) atoms. The summed E-state index contributed by atoms with van der Waals surface area (Å²) in [6.45, 7) is 2.35. The number of ether oxygens (including phenoxy) is 2. The lowest BCUT2D eigenvalue weighted by molar-refractivity contribution is -0.131. The van der Waals surface area contributed by atoms with Crippen molar-refractivity contribution in [3.63, 3.8) is 0 Å². The van der Waals surface area contributed by atoms with Crippen LogP contribution in [0.15, 0.2) is 54.6 Å². The van der Waals surface area contributed by atoms with E-state index in [4.69, 9.17) is 9.47 Å². The minimum Gasteiger partial charge on any atom is -0.485 e. The molecule has 0 saturated carbocycles. The van der Waals surface area contributed by atoms with Gasteiger partial charge in [0.05, 0.1) is 17.1 Å². The van der Waals surface area contributed by atoms with Gasteiger partial charge in [0.2, 0.25) is 6.10 Å². The van der Waals surface area contributed by atoms with Crippen LogP contribution in [-0.2, 0) is 11.3 Å². The van der Waals surface area contributed by atoms with Gasteiger partial charge in [-0.3, -0.25) is 25.1 Å². The van der Waals surface area contributed by atoms with Crippen LogP contribution < -0.4 is 20.3 Å². The molecular weight excluding hydrogens is 447 g/mol. The van der Waals surface area contributed by atoms with E-state index in [0.29, 0.717) is 22.9 Å². The molecule has 1 aliphatic heterocycles. The fraction of sp³-hybridized carbons (Fsp3) is 0.174. The Morgan fingerprint density at radius 3 is 2.70 bits per heavy atom. The molecule has 0 aliphatic carbocycles. The maximum absolute atomic E-state index is 13.2. The number of halogens is 1. The number of aromatic nitrogens is 2. The van der Waals surface area contributed by atoms with Crippen LogP contribution in [0.1, 0.15) is 20.9 Å². The molecule has 0 bridgehead atoms. The molecule has 168 valence electrons. The molecule has 10 heteroatoms. The predicted molar refractivity (Wildman–Crippen MR) is 120 cm³/mol. The Morgan fingerprint density at radius 2 is 1.91 bits per heavy atom. The van der Waals surface area contributed by atoms with E-state index in [0.717, 1.165) is 21.5 Å². The van der Waals surface area contributed by atoms with Crippen LogP contribution in [0.3, 0.4) is 0 Å². The van der Waals surface area contributed by atoms with E-state index < -0.39 is 17.9 Å². The minimum absolute atomic E-state index is 0.0417. The van der Waals surface area contributed by atoms with Crippen LogP contribution in [0.25, 0.3) is 10.2 Å². The summed E-state index contributed by atoms with van der Waals surface area (Å²) in [4.78, 5) is 26.3. The number of hydrogen-bond donors (Lipinski definition) is 2. The van der Waals surface area contributed by atoms with Crippen molar-refractivity contribution in [3.05, 3.63) is 76.5 Å². The molecule has 0 fully saturated rings. The highest BCUT2D eigenvalue weighted by Crippen LogP contribution is 2.31. The van der Waals surface area contributed by atoms with Gasteiger partial charge < -0.3 is 9.47 Å². The number of para-hydroxylation sites is 2. The van der Waals surface area contributed by atoms with Gasteiger partial charge in [-0.1, -0.05) is 24.3 Å². The van der Waals surface area contributed by atoms with E-state index in [9.17, 15) is 14.0 Å². The molecule has 0 saturated heterocycles. The van der Waals surface area contributed by atoms with E-state index >= 15 is 0 Å². The molecule has 8 nitrogen and oxygen atoms in total. The Hall–Kier alpha value is -3.92. The van der Waals surface area contributed by atoms with E-state index in [-0.39, 0.29) is 12.4 Å². The Labute approximate surface area is 191 Å². The van der Waals surface area contributed by atoms with Crippen LogP contribution >= 0.6 is 11.3 Å². The zero-order chi connectivity index (χ0) is 22.9. The number of fused-ring (bicyclic) bond motifs is 2. The smallest absolute Gasteiger partial charge is 0.283 e. The maximum atomic E-state index is 13.2. The first-order valence-electron chi connectivity index (χ1n) is 10.2. The number of carbonyl (C=O) groups is 2. The molecule has 0 radical (unpaired) electrons. The van der Waals surface area contributed by atoms with Crippen molar-refractivity contribution in [2.24, 2.45) is 0 Å². The van der Waals surface area contributed by atoms with Gasteiger partial charge in [-0.2, -0.15) is 5.10 Å². The third kappa shape index (κ3) is 4.24. The van der Waals surface area contributed by atoms with E-state index in [1.54, 1.807) is 41.1 Å². The first-order chi connectivity index (χ1) is 16.0. The Morgan fingerprint density at radius 1 is 1.15 bits per heavy atom. The van der Waals surface area contributed by atoms with Crippen LogP contribution in [0, 0.1) is 12.7 Å². The maximum Gasteiger partial charge on any atom is 0.283 e. The van der Waals surface area contributed by atoms with Gasteiger partial charge in [-0.25, -0.2) is 4.39 Å². The summed E-state index contributed by atoms with van der Waals surface area (Å²) in [6.07, 6.45) is -0.880. The summed E-state index contributed by atoms with van der Waals surface area (Å²) >= 11 is 1.26. The summed E-state index contributed by atoms with van der Waals surface area (Å²) < 4.78 is 26.1. The van der Waals surface area contributed by atoms with Gasteiger partial charge >= 0.3 is 0 Å². The van der Waals surface area contributed by atoms with Gasteiger partial charge in [0.25, 0.3) is 11.8 Å². The molecule has 2 aromatic heterocycles. The molecule has 5 rings (SSSR count). The Balaban J connectivity index is 1.25. The summed E-state index contributed by atoms with van der Waals surface area (Å²) in [5, 5.41) is 5.37. The molecule has 2 amide bonds. The van der Waals surface area contributed by atoms with Gasteiger partial charge in [-0.15, -0.1) is 11.3 Å². The molecule has 1 atom stereocenters. The van der Waals surface area contributed by atoms with Gasteiger partial charge in [0.15, 0.2) is 11.5 Å². The van der Waals surface area contributed by atoms with Crippen molar-refractivity contribution in [1.82, 2.24) is 20.6 Å². The van der Waals surface area contributed by atoms with Crippen molar-refractivity contribution in [2.45, 2.75) is 19.6 Å².